The van der Waals surface area contributed by atoms with Crippen molar-refractivity contribution in [3.05, 3.63) is 198 Å². The standard InChI is InChI=1S/C52H34F3N3/c1-32-12-4-6-14-38(32)34-20-25-48-43(28-34)40-16-8-10-18-46(40)57(48)50-27-22-36(52(53,54)55)30-45(50)42-24-23-37(56-3)31-51(42)58-47-19-11-9-17-41(47)44-29-35(21-26-49(44)58)39-15-7-5-13-33(39)2/h4-31H,1-2H3. The van der Waals surface area contributed by atoms with Gasteiger partial charge in [-0.2, -0.15) is 13.2 Å². The highest BCUT2D eigenvalue weighted by atomic mass is 19.4. The maximum absolute atomic E-state index is 14.8. The summed E-state index contributed by atoms with van der Waals surface area (Å²) >= 11 is 0. The van der Waals surface area contributed by atoms with Gasteiger partial charge in [-0.15, -0.1) is 0 Å². The lowest BCUT2D eigenvalue weighted by molar-refractivity contribution is -0.137. The van der Waals surface area contributed by atoms with Gasteiger partial charge in [0, 0.05) is 38.4 Å². The second-order valence-corrected chi connectivity index (χ2v) is 14.8. The van der Waals surface area contributed by atoms with E-state index in [-0.39, 0.29) is 0 Å². The molecular formula is C52H34F3N3. The molecule has 0 atom stereocenters. The van der Waals surface area contributed by atoms with Gasteiger partial charge < -0.3 is 9.13 Å². The summed E-state index contributed by atoms with van der Waals surface area (Å²) in [5.41, 5.74) is 12.0. The van der Waals surface area contributed by atoms with Crippen LogP contribution >= 0.6 is 0 Å². The summed E-state index contributed by atoms with van der Waals surface area (Å²) in [7, 11) is 0. The molecule has 8 aromatic carbocycles. The molecule has 0 amide bonds. The van der Waals surface area contributed by atoms with E-state index < -0.39 is 11.7 Å². The summed E-state index contributed by atoms with van der Waals surface area (Å²) in [5.74, 6) is 0. The normalized spacial score (nSPS) is 11.9. The first-order chi connectivity index (χ1) is 28.2. The second-order valence-electron chi connectivity index (χ2n) is 14.8. The zero-order valence-electron chi connectivity index (χ0n) is 31.6. The zero-order valence-corrected chi connectivity index (χ0v) is 31.6. The van der Waals surface area contributed by atoms with Crippen LogP contribution in [-0.2, 0) is 6.18 Å². The van der Waals surface area contributed by atoms with Gasteiger partial charge in [-0.1, -0.05) is 109 Å². The first kappa shape index (κ1) is 35.1. The first-order valence-corrected chi connectivity index (χ1v) is 19.1. The van der Waals surface area contributed by atoms with Crippen LogP contribution in [0.15, 0.2) is 170 Å². The molecule has 0 bridgehead atoms. The van der Waals surface area contributed by atoms with E-state index in [1.807, 2.05) is 60.7 Å². The predicted octanol–water partition coefficient (Wildman–Crippen LogP) is 15.1. The van der Waals surface area contributed by atoms with Crippen LogP contribution in [0.4, 0.5) is 18.9 Å². The van der Waals surface area contributed by atoms with Crippen LogP contribution in [0.25, 0.3) is 93.2 Å². The molecular weight excluding hydrogens is 724 g/mol. The van der Waals surface area contributed by atoms with Gasteiger partial charge in [-0.3, -0.25) is 0 Å². The van der Waals surface area contributed by atoms with Gasteiger partial charge in [-0.25, -0.2) is 4.85 Å². The van der Waals surface area contributed by atoms with Crippen molar-refractivity contribution in [2.45, 2.75) is 20.0 Å². The van der Waals surface area contributed by atoms with Crippen molar-refractivity contribution in [1.29, 1.82) is 0 Å². The summed E-state index contributed by atoms with van der Waals surface area (Å²) in [5, 5.41) is 4.00. The lowest BCUT2D eigenvalue weighted by atomic mass is 9.97. The fourth-order valence-electron chi connectivity index (χ4n) is 8.72. The van der Waals surface area contributed by atoms with Crippen LogP contribution in [-0.4, -0.2) is 9.13 Å². The molecule has 10 aromatic rings. The summed E-state index contributed by atoms with van der Waals surface area (Å²) in [6.07, 6.45) is -4.59. The summed E-state index contributed by atoms with van der Waals surface area (Å²) in [6, 6.07) is 54.7. The van der Waals surface area contributed by atoms with Crippen LogP contribution in [0.2, 0.25) is 0 Å². The number of halogens is 3. The number of aryl methyl sites for hydroxylation is 2. The molecule has 0 spiro atoms. The van der Waals surface area contributed by atoms with Crippen molar-refractivity contribution in [2.24, 2.45) is 0 Å². The molecule has 10 rings (SSSR count). The van der Waals surface area contributed by atoms with Gasteiger partial charge in [-0.05, 0) is 108 Å². The van der Waals surface area contributed by atoms with E-state index in [0.29, 0.717) is 28.2 Å². The number of hydrogen-bond donors (Lipinski definition) is 0. The summed E-state index contributed by atoms with van der Waals surface area (Å²) in [6.45, 7) is 12.2. The van der Waals surface area contributed by atoms with Crippen LogP contribution in [0.5, 0.6) is 0 Å². The van der Waals surface area contributed by atoms with Crippen molar-refractivity contribution < 1.29 is 13.2 Å². The molecule has 0 aliphatic heterocycles. The first-order valence-electron chi connectivity index (χ1n) is 19.1. The number of para-hydroxylation sites is 2. The zero-order chi connectivity index (χ0) is 39.7. The minimum Gasteiger partial charge on any atom is -0.310 e. The van der Waals surface area contributed by atoms with Gasteiger partial charge in [0.15, 0.2) is 5.69 Å². The Morgan fingerprint density at radius 2 is 0.931 bits per heavy atom. The molecule has 0 fully saturated rings. The smallest absolute Gasteiger partial charge is 0.310 e. The van der Waals surface area contributed by atoms with Crippen molar-refractivity contribution in [3.8, 4) is 44.8 Å². The summed E-state index contributed by atoms with van der Waals surface area (Å²) < 4.78 is 48.5. The van der Waals surface area contributed by atoms with Crippen LogP contribution < -0.4 is 0 Å². The molecule has 6 heteroatoms. The number of alkyl halides is 3. The third kappa shape index (κ3) is 5.58. The molecule has 2 heterocycles. The fourth-order valence-corrected chi connectivity index (χ4v) is 8.72. The molecule has 0 unspecified atom stereocenters. The minimum atomic E-state index is -4.59. The van der Waals surface area contributed by atoms with E-state index in [1.54, 1.807) is 24.3 Å². The van der Waals surface area contributed by atoms with E-state index in [1.165, 1.54) is 12.1 Å². The number of benzene rings is 8. The Morgan fingerprint density at radius 3 is 1.47 bits per heavy atom. The van der Waals surface area contributed by atoms with Crippen molar-refractivity contribution >= 4 is 49.3 Å². The van der Waals surface area contributed by atoms with Gasteiger partial charge in [0.1, 0.15) is 0 Å². The number of nitrogens with zero attached hydrogens (tertiary/aromatic N) is 3. The maximum Gasteiger partial charge on any atom is 0.416 e. The Kier molecular flexibility index (Phi) is 8.10. The SMILES string of the molecule is [C-]#[N+]c1ccc(-c2cc(C(F)(F)F)ccc2-n2c3ccccc3c3cc(-c4ccccc4C)ccc32)c(-n2c3ccccc3c3cc(-c4ccccc4C)ccc32)c1. The maximum atomic E-state index is 14.8. The highest BCUT2D eigenvalue weighted by Gasteiger charge is 2.32. The Morgan fingerprint density at radius 1 is 0.431 bits per heavy atom. The van der Waals surface area contributed by atoms with E-state index in [2.05, 4.69) is 101 Å². The average Bonchev–Trinajstić information content (AvgIpc) is 3.75. The van der Waals surface area contributed by atoms with Gasteiger partial charge >= 0.3 is 6.18 Å². The Balaban J connectivity index is 1.27. The highest BCUT2D eigenvalue weighted by Crippen LogP contribution is 2.45. The number of aromatic nitrogens is 2. The molecule has 0 aliphatic rings. The molecule has 0 aliphatic carbocycles. The lowest BCUT2D eigenvalue weighted by Crippen LogP contribution is -2.08. The quantitative estimate of drug-likeness (QED) is 0.155. The van der Waals surface area contributed by atoms with Gasteiger partial charge in [0.25, 0.3) is 0 Å². The second kappa shape index (κ2) is 13.4. The third-order valence-electron chi connectivity index (χ3n) is 11.5. The van der Waals surface area contributed by atoms with E-state index in [0.717, 1.165) is 77.0 Å². The third-order valence-corrected chi connectivity index (χ3v) is 11.5. The van der Waals surface area contributed by atoms with Gasteiger partial charge in [0.2, 0.25) is 0 Å². The molecule has 2 aromatic heterocycles. The lowest BCUT2D eigenvalue weighted by Gasteiger charge is -2.20. The Labute approximate surface area is 333 Å². The van der Waals surface area contributed by atoms with Crippen LogP contribution in [0.3, 0.4) is 0 Å². The minimum absolute atomic E-state index is 0.385. The monoisotopic (exact) mass is 757 g/mol. The molecule has 0 saturated heterocycles. The van der Waals surface area contributed by atoms with Crippen LogP contribution in [0, 0.1) is 20.4 Å². The van der Waals surface area contributed by atoms with Crippen LogP contribution in [0.1, 0.15) is 16.7 Å². The predicted molar refractivity (Wildman–Crippen MR) is 232 cm³/mol. The molecule has 58 heavy (non-hydrogen) atoms. The topological polar surface area (TPSA) is 14.2 Å². The van der Waals surface area contributed by atoms with Gasteiger partial charge in [0.05, 0.1) is 39.9 Å². The van der Waals surface area contributed by atoms with Crippen molar-refractivity contribution in [1.82, 2.24) is 9.13 Å². The Bertz CT molecular complexity index is 3320. The number of rotatable bonds is 5. The summed E-state index contributed by atoms with van der Waals surface area (Å²) in [4.78, 5) is 3.80. The number of fused-ring (bicyclic) bond motifs is 6. The molecule has 0 N–H and O–H groups in total. The van der Waals surface area contributed by atoms with Crippen molar-refractivity contribution in [2.75, 3.05) is 0 Å². The fraction of sp³-hybridized carbons (Fsp3) is 0.0577. The number of hydrogen-bond acceptors (Lipinski definition) is 0. The van der Waals surface area contributed by atoms with E-state index in [4.69, 9.17) is 6.57 Å². The van der Waals surface area contributed by atoms with Crippen molar-refractivity contribution in [3.63, 3.8) is 0 Å². The van der Waals surface area contributed by atoms with E-state index in [9.17, 15) is 13.2 Å². The molecule has 3 nitrogen and oxygen atoms in total. The highest BCUT2D eigenvalue weighted by molar-refractivity contribution is 6.13. The average molecular weight is 758 g/mol. The molecule has 0 radical (unpaired) electrons. The molecule has 0 saturated carbocycles. The largest absolute Gasteiger partial charge is 0.416 e. The van der Waals surface area contributed by atoms with E-state index >= 15 is 0 Å². The molecule has 278 valence electrons. The Hall–Kier alpha value is -7.36.